The molecule has 31 heavy (non-hydrogen) atoms. The number of amides is 1. The van der Waals surface area contributed by atoms with Crippen molar-refractivity contribution in [2.24, 2.45) is 5.41 Å². The average molecular weight is 420 g/mol. The summed E-state index contributed by atoms with van der Waals surface area (Å²) in [6, 6.07) is 18.3. The summed E-state index contributed by atoms with van der Waals surface area (Å²) in [5, 5.41) is 12.9. The van der Waals surface area contributed by atoms with Crippen LogP contribution in [0.5, 0.6) is 5.75 Å². The largest absolute Gasteiger partial charge is 0.494 e. The van der Waals surface area contributed by atoms with Gasteiger partial charge in [-0.05, 0) is 61.2 Å². The monoisotopic (exact) mass is 419 g/mol. The number of ether oxygens (including phenoxy) is 2. The number of rotatable bonds is 6. The Morgan fingerprint density at radius 3 is 2.71 bits per heavy atom. The lowest BCUT2D eigenvalue weighted by Gasteiger charge is -2.31. The minimum absolute atomic E-state index is 0.279. The molecule has 0 aromatic heterocycles. The first-order valence-corrected chi connectivity index (χ1v) is 11.0. The van der Waals surface area contributed by atoms with Crippen LogP contribution in [0.25, 0.3) is 0 Å². The summed E-state index contributed by atoms with van der Waals surface area (Å²) in [4.78, 5) is 14.3. The van der Waals surface area contributed by atoms with Gasteiger partial charge in [-0.3, -0.25) is 0 Å². The molecule has 1 saturated heterocycles. The maximum atomic E-state index is 12.5. The molecule has 0 aliphatic carbocycles. The highest BCUT2D eigenvalue weighted by Gasteiger charge is 2.31. The third kappa shape index (κ3) is 5.36. The molecule has 0 bridgehead atoms. The molecule has 4 rings (SSSR count). The van der Waals surface area contributed by atoms with Crippen molar-refractivity contribution in [3.8, 4) is 11.8 Å². The van der Waals surface area contributed by atoms with E-state index in [-0.39, 0.29) is 18.1 Å². The number of hydrogen-bond acceptors (Lipinski definition) is 5. The molecule has 6 nitrogen and oxygen atoms in total. The van der Waals surface area contributed by atoms with E-state index in [1.54, 1.807) is 4.90 Å². The van der Waals surface area contributed by atoms with Gasteiger partial charge in [0.05, 0.1) is 18.1 Å². The van der Waals surface area contributed by atoms with Crippen LogP contribution in [-0.4, -0.2) is 37.2 Å². The molecule has 2 aliphatic heterocycles. The smallest absolute Gasteiger partial charge is 0.410 e. The van der Waals surface area contributed by atoms with Gasteiger partial charge in [0.25, 0.3) is 0 Å². The van der Waals surface area contributed by atoms with Crippen molar-refractivity contribution in [3.63, 3.8) is 0 Å². The van der Waals surface area contributed by atoms with Gasteiger partial charge in [-0.2, -0.15) is 5.26 Å². The molecule has 162 valence electrons. The van der Waals surface area contributed by atoms with Crippen molar-refractivity contribution >= 4 is 6.09 Å². The average Bonchev–Trinajstić information content (AvgIpc) is 2.83. The third-order valence-corrected chi connectivity index (χ3v) is 6.30. The molecule has 2 heterocycles. The Labute approximate surface area is 183 Å². The van der Waals surface area contributed by atoms with Gasteiger partial charge < -0.3 is 19.7 Å². The molecule has 2 aromatic rings. The van der Waals surface area contributed by atoms with Crippen LogP contribution in [0.1, 0.15) is 36.0 Å². The third-order valence-electron chi connectivity index (χ3n) is 6.30. The molecule has 0 atom stereocenters. The van der Waals surface area contributed by atoms with Crippen molar-refractivity contribution in [1.29, 1.82) is 5.26 Å². The van der Waals surface area contributed by atoms with E-state index in [0.717, 1.165) is 55.6 Å². The van der Waals surface area contributed by atoms with E-state index in [1.807, 2.05) is 42.5 Å². The zero-order valence-corrected chi connectivity index (χ0v) is 17.8. The molecule has 1 amide bonds. The fourth-order valence-corrected chi connectivity index (χ4v) is 4.28. The zero-order chi connectivity index (χ0) is 21.5. The Bertz CT molecular complexity index is 933. The highest BCUT2D eigenvalue weighted by atomic mass is 16.6. The summed E-state index contributed by atoms with van der Waals surface area (Å²) in [5.74, 6) is 0.792. The van der Waals surface area contributed by atoms with E-state index >= 15 is 0 Å². The maximum absolute atomic E-state index is 12.5. The van der Waals surface area contributed by atoms with Crippen LogP contribution in [0.3, 0.4) is 0 Å². The lowest BCUT2D eigenvalue weighted by molar-refractivity contribution is 0.0918. The van der Waals surface area contributed by atoms with E-state index < -0.39 is 0 Å². The molecule has 0 spiro atoms. The van der Waals surface area contributed by atoms with Crippen LogP contribution in [0.4, 0.5) is 4.79 Å². The molecule has 1 fully saturated rings. The van der Waals surface area contributed by atoms with Gasteiger partial charge in [0.1, 0.15) is 12.4 Å². The number of carbonyl (C=O) groups is 1. The molecule has 6 heteroatoms. The lowest BCUT2D eigenvalue weighted by Crippen LogP contribution is -2.37. The van der Waals surface area contributed by atoms with Crippen molar-refractivity contribution in [1.82, 2.24) is 10.2 Å². The van der Waals surface area contributed by atoms with E-state index in [2.05, 4.69) is 17.5 Å². The Morgan fingerprint density at radius 1 is 1.13 bits per heavy atom. The van der Waals surface area contributed by atoms with Crippen molar-refractivity contribution < 1.29 is 14.3 Å². The topological polar surface area (TPSA) is 74.6 Å². The second-order valence-corrected chi connectivity index (χ2v) is 8.38. The maximum Gasteiger partial charge on any atom is 0.410 e. The van der Waals surface area contributed by atoms with Crippen molar-refractivity contribution in [2.75, 3.05) is 26.2 Å². The second kappa shape index (κ2) is 9.84. The summed E-state index contributed by atoms with van der Waals surface area (Å²) in [5.41, 5.74) is 3.04. The molecule has 0 unspecified atom stereocenters. The summed E-state index contributed by atoms with van der Waals surface area (Å²) in [6.07, 6.45) is 3.00. The van der Waals surface area contributed by atoms with Gasteiger partial charge in [0.2, 0.25) is 0 Å². The predicted molar refractivity (Wildman–Crippen MR) is 117 cm³/mol. The minimum atomic E-state index is -0.289. The van der Waals surface area contributed by atoms with E-state index in [0.29, 0.717) is 19.7 Å². The van der Waals surface area contributed by atoms with Crippen LogP contribution < -0.4 is 10.1 Å². The molecule has 0 saturated carbocycles. The van der Waals surface area contributed by atoms with Gasteiger partial charge in [-0.15, -0.1) is 0 Å². The van der Waals surface area contributed by atoms with Gasteiger partial charge >= 0.3 is 6.09 Å². The normalized spacial score (nSPS) is 17.3. The Hall–Kier alpha value is -3.04. The van der Waals surface area contributed by atoms with E-state index in [1.165, 1.54) is 5.56 Å². The highest BCUT2D eigenvalue weighted by Crippen LogP contribution is 2.32. The van der Waals surface area contributed by atoms with Crippen molar-refractivity contribution in [3.05, 3.63) is 65.2 Å². The van der Waals surface area contributed by atoms with Gasteiger partial charge in [-0.25, -0.2) is 4.79 Å². The summed E-state index contributed by atoms with van der Waals surface area (Å²) in [7, 11) is 0. The van der Waals surface area contributed by atoms with Gasteiger partial charge in [0, 0.05) is 19.5 Å². The second-order valence-electron chi connectivity index (χ2n) is 8.38. The Balaban J connectivity index is 1.31. The van der Waals surface area contributed by atoms with Crippen molar-refractivity contribution in [2.45, 2.75) is 38.8 Å². The minimum Gasteiger partial charge on any atom is -0.494 e. The number of nitriles is 1. The van der Waals surface area contributed by atoms with Crippen LogP contribution in [0.15, 0.2) is 48.5 Å². The molecular formula is C25H29N3O3. The molecular weight excluding hydrogens is 390 g/mol. The molecule has 2 aliphatic rings. The number of piperidine rings is 1. The number of fused-ring (bicyclic) bond motifs is 1. The number of carbonyl (C=O) groups excluding carboxylic acids is 1. The quantitative estimate of drug-likeness (QED) is 0.765. The van der Waals surface area contributed by atoms with E-state index in [4.69, 9.17) is 9.47 Å². The predicted octanol–water partition coefficient (Wildman–Crippen LogP) is 4.04. The fraction of sp³-hybridized carbons (Fsp3) is 0.440. The summed E-state index contributed by atoms with van der Waals surface area (Å²) < 4.78 is 11.5. The Kier molecular flexibility index (Phi) is 6.73. The van der Waals surface area contributed by atoms with Crippen LogP contribution in [-0.2, 0) is 24.3 Å². The first-order valence-electron chi connectivity index (χ1n) is 11.0. The SMILES string of the molecule is N#CC1(CCOc2ccc3c(c2)CN(C(=O)OCc2ccccc2)CC3)CCNCC1. The van der Waals surface area contributed by atoms with Gasteiger partial charge in [0.15, 0.2) is 0 Å². The lowest BCUT2D eigenvalue weighted by atomic mass is 9.78. The molecule has 2 aromatic carbocycles. The van der Waals surface area contributed by atoms with Crippen LogP contribution >= 0.6 is 0 Å². The number of nitrogens with zero attached hydrogens (tertiary/aromatic N) is 2. The standard InChI is InChI=1S/C25H29N3O3/c26-19-25(9-12-27-13-10-25)11-15-30-23-7-6-21-8-14-28(17-22(21)16-23)24(29)31-18-20-4-2-1-3-5-20/h1-7,16,27H,8-15,17-18H2. The molecule has 1 N–H and O–H groups in total. The number of nitrogens with one attached hydrogen (secondary N) is 1. The van der Waals surface area contributed by atoms with Crippen LogP contribution in [0.2, 0.25) is 0 Å². The number of hydrogen-bond donors (Lipinski definition) is 1. The van der Waals surface area contributed by atoms with E-state index in [9.17, 15) is 10.1 Å². The molecule has 0 radical (unpaired) electrons. The highest BCUT2D eigenvalue weighted by molar-refractivity contribution is 5.68. The first kappa shape index (κ1) is 21.2. The summed E-state index contributed by atoms with van der Waals surface area (Å²) >= 11 is 0. The first-order chi connectivity index (χ1) is 15.2. The van der Waals surface area contributed by atoms with Gasteiger partial charge in [-0.1, -0.05) is 36.4 Å². The Morgan fingerprint density at radius 2 is 1.94 bits per heavy atom. The summed E-state index contributed by atoms with van der Waals surface area (Å²) in [6.45, 7) is 3.76. The van der Waals surface area contributed by atoms with Crippen LogP contribution in [0, 0.1) is 16.7 Å². The fourth-order valence-electron chi connectivity index (χ4n) is 4.28. The zero-order valence-electron chi connectivity index (χ0n) is 17.8. The number of benzene rings is 2.